The van der Waals surface area contributed by atoms with Crippen molar-refractivity contribution >= 4 is 17.2 Å². The Morgan fingerprint density at radius 2 is 2.35 bits per heavy atom. The van der Waals surface area contributed by atoms with E-state index in [-0.39, 0.29) is 17.4 Å². The Bertz CT molecular complexity index is 500. The number of nitrogens with one attached hydrogen (secondary N) is 1. The first-order chi connectivity index (χ1) is 9.31. The van der Waals surface area contributed by atoms with E-state index in [4.69, 9.17) is 10.5 Å². The van der Waals surface area contributed by atoms with Gasteiger partial charge in [-0.2, -0.15) is 0 Å². The van der Waals surface area contributed by atoms with Crippen molar-refractivity contribution in [2.24, 2.45) is 11.1 Å². The lowest BCUT2D eigenvalue weighted by Gasteiger charge is -2.57. The zero-order valence-electron chi connectivity index (χ0n) is 12.5. The predicted octanol–water partition coefficient (Wildman–Crippen LogP) is 1.60. The molecule has 0 aliphatic heterocycles. The molecule has 0 radical (unpaired) electrons. The number of aryl methyl sites for hydroxylation is 1. The van der Waals surface area contributed by atoms with Crippen molar-refractivity contribution < 1.29 is 9.53 Å². The van der Waals surface area contributed by atoms with E-state index in [9.17, 15) is 4.79 Å². The summed E-state index contributed by atoms with van der Waals surface area (Å²) in [5.41, 5.74) is 5.10. The molecule has 1 heterocycles. The molecule has 1 saturated carbocycles. The van der Waals surface area contributed by atoms with Crippen LogP contribution in [-0.4, -0.2) is 29.1 Å². The number of amides is 1. The van der Waals surface area contributed by atoms with Crippen LogP contribution in [0.5, 0.6) is 0 Å². The van der Waals surface area contributed by atoms with Crippen LogP contribution in [0.2, 0.25) is 0 Å². The third-order valence-electron chi connectivity index (χ3n) is 4.33. The Balaban J connectivity index is 1.95. The summed E-state index contributed by atoms with van der Waals surface area (Å²) in [5.74, 6) is -0.107. The fourth-order valence-corrected chi connectivity index (χ4v) is 3.37. The van der Waals surface area contributed by atoms with Crippen molar-refractivity contribution in [1.82, 2.24) is 10.3 Å². The average Bonchev–Trinajstić information content (AvgIpc) is 2.81. The molecule has 1 fully saturated rings. The van der Waals surface area contributed by atoms with Crippen molar-refractivity contribution in [2.75, 3.05) is 6.61 Å². The van der Waals surface area contributed by atoms with Gasteiger partial charge in [-0.25, -0.2) is 4.98 Å². The first kappa shape index (κ1) is 15.4. The Labute approximate surface area is 123 Å². The molecule has 1 aromatic rings. The SMILES string of the molecule is CCOC1CC(N)(C(=O)NCc2cnc(C)s2)C1(C)C. The molecule has 0 bridgehead atoms. The van der Waals surface area contributed by atoms with Gasteiger partial charge in [-0.1, -0.05) is 13.8 Å². The van der Waals surface area contributed by atoms with E-state index in [0.717, 1.165) is 9.88 Å². The second-order valence-corrected chi connectivity index (χ2v) is 7.19. The van der Waals surface area contributed by atoms with Gasteiger partial charge in [-0.15, -0.1) is 11.3 Å². The summed E-state index contributed by atoms with van der Waals surface area (Å²) in [6.45, 7) is 9.02. The zero-order chi connectivity index (χ0) is 15.0. The average molecular weight is 297 g/mol. The van der Waals surface area contributed by atoms with Crippen LogP contribution in [0.3, 0.4) is 0 Å². The first-order valence-electron chi connectivity index (χ1n) is 6.91. The summed E-state index contributed by atoms with van der Waals surface area (Å²) in [6, 6.07) is 0. The Hall–Kier alpha value is -0.980. The van der Waals surface area contributed by atoms with E-state index in [1.165, 1.54) is 0 Å². The lowest BCUT2D eigenvalue weighted by atomic mass is 9.54. The molecule has 3 N–H and O–H groups in total. The fraction of sp³-hybridized carbons (Fsp3) is 0.714. The quantitative estimate of drug-likeness (QED) is 0.865. The summed E-state index contributed by atoms with van der Waals surface area (Å²) in [6.07, 6.45) is 2.41. The van der Waals surface area contributed by atoms with E-state index in [0.29, 0.717) is 19.6 Å². The normalized spacial score (nSPS) is 27.9. The van der Waals surface area contributed by atoms with Gasteiger partial charge in [-0.3, -0.25) is 4.79 Å². The maximum atomic E-state index is 12.4. The molecule has 1 amide bonds. The van der Waals surface area contributed by atoms with Crippen molar-refractivity contribution in [3.8, 4) is 0 Å². The predicted molar refractivity (Wildman–Crippen MR) is 79.4 cm³/mol. The molecule has 112 valence electrons. The van der Waals surface area contributed by atoms with Gasteiger partial charge in [0.2, 0.25) is 5.91 Å². The third kappa shape index (κ3) is 2.47. The topological polar surface area (TPSA) is 77.2 Å². The number of aromatic nitrogens is 1. The van der Waals surface area contributed by atoms with Crippen LogP contribution in [0, 0.1) is 12.3 Å². The molecule has 6 heteroatoms. The summed E-state index contributed by atoms with van der Waals surface area (Å²) >= 11 is 1.58. The molecule has 5 nitrogen and oxygen atoms in total. The molecule has 0 saturated heterocycles. The zero-order valence-corrected chi connectivity index (χ0v) is 13.3. The maximum Gasteiger partial charge on any atom is 0.241 e. The molecule has 0 aromatic carbocycles. The van der Waals surface area contributed by atoms with Crippen LogP contribution in [0.4, 0.5) is 0 Å². The van der Waals surface area contributed by atoms with E-state index in [1.54, 1.807) is 17.5 Å². The van der Waals surface area contributed by atoms with Crippen LogP contribution in [0.25, 0.3) is 0 Å². The van der Waals surface area contributed by atoms with Crippen molar-refractivity contribution in [3.63, 3.8) is 0 Å². The summed E-state index contributed by atoms with van der Waals surface area (Å²) in [7, 11) is 0. The smallest absolute Gasteiger partial charge is 0.241 e. The van der Waals surface area contributed by atoms with Crippen LogP contribution in [0.15, 0.2) is 6.20 Å². The fourth-order valence-electron chi connectivity index (χ4n) is 2.63. The molecule has 2 atom stereocenters. The van der Waals surface area contributed by atoms with E-state index < -0.39 is 5.54 Å². The largest absolute Gasteiger partial charge is 0.378 e. The molecule has 1 aliphatic rings. The molecular weight excluding hydrogens is 274 g/mol. The number of nitrogens with zero attached hydrogens (tertiary/aromatic N) is 1. The minimum absolute atomic E-state index is 0.0499. The Kier molecular flexibility index (Phi) is 4.18. The highest BCUT2D eigenvalue weighted by Crippen LogP contribution is 2.49. The van der Waals surface area contributed by atoms with E-state index >= 15 is 0 Å². The Morgan fingerprint density at radius 1 is 1.65 bits per heavy atom. The molecule has 1 aliphatic carbocycles. The van der Waals surface area contributed by atoms with Gasteiger partial charge in [-0.05, 0) is 13.8 Å². The molecule has 2 unspecified atom stereocenters. The van der Waals surface area contributed by atoms with Gasteiger partial charge in [0.25, 0.3) is 0 Å². The molecule has 0 spiro atoms. The second-order valence-electron chi connectivity index (χ2n) is 5.87. The number of hydrogen-bond donors (Lipinski definition) is 2. The van der Waals surface area contributed by atoms with Gasteiger partial charge in [0.1, 0.15) is 5.54 Å². The number of carbonyl (C=O) groups excluding carboxylic acids is 1. The van der Waals surface area contributed by atoms with Gasteiger partial charge in [0, 0.05) is 29.5 Å². The second kappa shape index (κ2) is 5.42. The highest BCUT2D eigenvalue weighted by atomic mass is 32.1. The van der Waals surface area contributed by atoms with Gasteiger partial charge >= 0.3 is 0 Å². The monoisotopic (exact) mass is 297 g/mol. The number of thiazole rings is 1. The van der Waals surface area contributed by atoms with Gasteiger partial charge < -0.3 is 15.8 Å². The number of hydrogen-bond acceptors (Lipinski definition) is 5. The summed E-state index contributed by atoms with van der Waals surface area (Å²) in [5, 5.41) is 3.92. The van der Waals surface area contributed by atoms with E-state index in [2.05, 4.69) is 10.3 Å². The lowest BCUT2D eigenvalue weighted by Crippen LogP contribution is -2.75. The summed E-state index contributed by atoms with van der Waals surface area (Å²) < 4.78 is 5.64. The molecular formula is C14H23N3O2S. The van der Waals surface area contributed by atoms with Crippen molar-refractivity contribution in [3.05, 3.63) is 16.1 Å². The third-order valence-corrected chi connectivity index (χ3v) is 5.24. The van der Waals surface area contributed by atoms with E-state index in [1.807, 2.05) is 27.7 Å². The molecule has 2 rings (SSSR count). The number of nitrogens with two attached hydrogens (primary N) is 1. The van der Waals surface area contributed by atoms with Gasteiger partial charge in [0.05, 0.1) is 17.7 Å². The van der Waals surface area contributed by atoms with Crippen LogP contribution in [0.1, 0.15) is 37.1 Å². The number of carbonyl (C=O) groups is 1. The number of rotatable bonds is 5. The number of ether oxygens (including phenoxy) is 1. The highest BCUT2D eigenvalue weighted by Gasteiger charge is 2.62. The lowest BCUT2D eigenvalue weighted by molar-refractivity contribution is -0.170. The summed E-state index contributed by atoms with van der Waals surface area (Å²) in [4.78, 5) is 17.6. The molecule has 1 aromatic heterocycles. The first-order valence-corrected chi connectivity index (χ1v) is 7.73. The minimum atomic E-state index is -0.855. The van der Waals surface area contributed by atoms with Crippen LogP contribution < -0.4 is 11.1 Å². The van der Waals surface area contributed by atoms with Crippen LogP contribution >= 0.6 is 11.3 Å². The maximum absolute atomic E-state index is 12.4. The minimum Gasteiger partial charge on any atom is -0.378 e. The van der Waals surface area contributed by atoms with Crippen molar-refractivity contribution in [2.45, 2.75) is 52.3 Å². The van der Waals surface area contributed by atoms with Crippen LogP contribution in [-0.2, 0) is 16.1 Å². The Morgan fingerprint density at radius 3 is 2.85 bits per heavy atom. The highest BCUT2D eigenvalue weighted by molar-refractivity contribution is 7.11. The standard InChI is InChI=1S/C14H23N3O2S/c1-5-19-11-6-14(15,13(11,3)4)12(18)17-8-10-7-16-9(2)20-10/h7,11H,5-6,8,15H2,1-4H3,(H,17,18). The molecule has 20 heavy (non-hydrogen) atoms. The van der Waals surface area contributed by atoms with Gasteiger partial charge in [0.15, 0.2) is 0 Å². The van der Waals surface area contributed by atoms with Crippen molar-refractivity contribution in [1.29, 1.82) is 0 Å².